The molecule has 0 aromatic heterocycles. The average molecular weight is 997 g/mol. The number of rotatable bonds is 49. The SMILES string of the molecule is CC/C=C\C/C=C\C/C=C\C/C=C\C/C=C\CCCCCCCCCCCCCCCCCCCCCCCCCC(=O)NC(COC1OC(CO)C(O)C(O)C1O)C(O)/C=C/CC/C=C/CCCCC. The van der Waals surface area contributed by atoms with Crippen LogP contribution in [0.15, 0.2) is 85.1 Å². The number of ether oxygens (including phenoxy) is 2. The number of aliphatic hydroxyl groups excluding tert-OH is 5. The van der Waals surface area contributed by atoms with Gasteiger partial charge in [-0.3, -0.25) is 4.79 Å². The first-order valence-corrected chi connectivity index (χ1v) is 29.3. The van der Waals surface area contributed by atoms with E-state index < -0.39 is 49.5 Å². The highest BCUT2D eigenvalue weighted by molar-refractivity contribution is 5.76. The smallest absolute Gasteiger partial charge is 0.220 e. The largest absolute Gasteiger partial charge is 0.394 e. The van der Waals surface area contributed by atoms with Gasteiger partial charge < -0.3 is 40.3 Å². The Balaban J connectivity index is 2.01. The summed E-state index contributed by atoms with van der Waals surface area (Å²) in [5, 5.41) is 54.2. The van der Waals surface area contributed by atoms with E-state index in [0.717, 1.165) is 70.6 Å². The van der Waals surface area contributed by atoms with Gasteiger partial charge in [-0.25, -0.2) is 0 Å². The van der Waals surface area contributed by atoms with E-state index in [1.165, 1.54) is 154 Å². The molecule has 6 N–H and O–H groups in total. The van der Waals surface area contributed by atoms with E-state index in [0.29, 0.717) is 6.42 Å². The molecule has 1 fully saturated rings. The van der Waals surface area contributed by atoms with Crippen LogP contribution in [0.25, 0.3) is 0 Å². The first kappa shape index (κ1) is 66.4. The first-order valence-electron chi connectivity index (χ1n) is 29.3. The summed E-state index contributed by atoms with van der Waals surface area (Å²) >= 11 is 0. The van der Waals surface area contributed by atoms with Gasteiger partial charge in [-0.2, -0.15) is 0 Å². The van der Waals surface area contributed by atoms with Crippen molar-refractivity contribution in [3.05, 3.63) is 85.1 Å². The number of carbonyl (C=O) groups is 1. The summed E-state index contributed by atoms with van der Waals surface area (Å²) in [5.74, 6) is -0.189. The monoisotopic (exact) mass is 996 g/mol. The fourth-order valence-electron chi connectivity index (χ4n) is 8.85. The Morgan fingerprint density at radius 1 is 0.493 bits per heavy atom. The molecule has 0 aromatic rings. The molecule has 1 aliphatic rings. The number of unbranched alkanes of at least 4 members (excludes halogenated alkanes) is 27. The highest BCUT2D eigenvalue weighted by Gasteiger charge is 2.44. The molecule has 410 valence electrons. The van der Waals surface area contributed by atoms with Crippen LogP contribution in [0.4, 0.5) is 0 Å². The minimum Gasteiger partial charge on any atom is -0.394 e. The van der Waals surface area contributed by atoms with Crippen molar-refractivity contribution in [2.45, 2.75) is 288 Å². The molecule has 0 spiro atoms. The van der Waals surface area contributed by atoms with Crippen LogP contribution < -0.4 is 5.32 Å². The topological polar surface area (TPSA) is 149 Å². The Bertz CT molecular complexity index is 1390. The summed E-state index contributed by atoms with van der Waals surface area (Å²) in [7, 11) is 0. The molecule has 1 rings (SSSR count). The van der Waals surface area contributed by atoms with Crippen LogP contribution in [0.5, 0.6) is 0 Å². The van der Waals surface area contributed by atoms with Gasteiger partial charge in [-0.15, -0.1) is 0 Å². The Morgan fingerprint density at radius 2 is 0.887 bits per heavy atom. The number of hydrogen-bond donors (Lipinski definition) is 6. The van der Waals surface area contributed by atoms with Crippen molar-refractivity contribution < 1.29 is 39.8 Å². The third-order valence-electron chi connectivity index (χ3n) is 13.5. The molecule has 7 atom stereocenters. The predicted molar refractivity (Wildman–Crippen MR) is 299 cm³/mol. The Labute approximate surface area is 435 Å². The maximum Gasteiger partial charge on any atom is 0.220 e. The Morgan fingerprint density at radius 3 is 1.35 bits per heavy atom. The summed E-state index contributed by atoms with van der Waals surface area (Å²) in [6.07, 6.45) is 65.6. The van der Waals surface area contributed by atoms with Gasteiger partial charge in [0.15, 0.2) is 6.29 Å². The van der Waals surface area contributed by atoms with E-state index in [1.54, 1.807) is 6.08 Å². The van der Waals surface area contributed by atoms with E-state index >= 15 is 0 Å². The maximum absolute atomic E-state index is 13.0. The van der Waals surface area contributed by atoms with Crippen LogP contribution in [0.3, 0.4) is 0 Å². The molecular weight excluding hydrogens is 887 g/mol. The summed E-state index contributed by atoms with van der Waals surface area (Å²) in [4.78, 5) is 13.0. The quantitative estimate of drug-likeness (QED) is 0.0261. The van der Waals surface area contributed by atoms with Gasteiger partial charge in [0.2, 0.25) is 5.91 Å². The van der Waals surface area contributed by atoms with Crippen LogP contribution in [0.1, 0.15) is 245 Å². The van der Waals surface area contributed by atoms with Crippen molar-refractivity contribution in [1.82, 2.24) is 5.32 Å². The van der Waals surface area contributed by atoms with Crippen LogP contribution in [-0.4, -0.2) is 87.5 Å². The van der Waals surface area contributed by atoms with Crippen molar-refractivity contribution in [1.29, 1.82) is 0 Å². The summed E-state index contributed by atoms with van der Waals surface area (Å²) < 4.78 is 11.2. The van der Waals surface area contributed by atoms with Gasteiger partial charge in [-0.05, 0) is 77.0 Å². The highest BCUT2D eigenvalue weighted by atomic mass is 16.7. The van der Waals surface area contributed by atoms with Crippen LogP contribution in [0, 0.1) is 0 Å². The van der Waals surface area contributed by atoms with Crippen molar-refractivity contribution in [3.8, 4) is 0 Å². The minimum absolute atomic E-state index is 0.189. The van der Waals surface area contributed by atoms with Crippen molar-refractivity contribution in [3.63, 3.8) is 0 Å². The summed E-state index contributed by atoms with van der Waals surface area (Å²) in [5.41, 5.74) is 0. The second-order valence-corrected chi connectivity index (χ2v) is 20.0. The molecule has 71 heavy (non-hydrogen) atoms. The molecule has 1 amide bonds. The van der Waals surface area contributed by atoms with Crippen molar-refractivity contribution >= 4 is 5.91 Å². The molecule has 7 unspecified atom stereocenters. The van der Waals surface area contributed by atoms with Crippen molar-refractivity contribution in [2.24, 2.45) is 0 Å². The summed E-state index contributed by atoms with van der Waals surface area (Å²) in [6.45, 7) is 3.59. The standard InChI is InChI=1S/C62H109NO8/c1-3-5-7-9-11-13-14-15-16-17-18-19-20-21-22-23-24-25-26-27-28-29-30-31-32-33-34-35-36-37-38-39-40-41-42-44-46-48-50-52-58(66)63-55(56(65)51-49-47-45-43-12-10-8-6-4-2)54-70-62-61(69)60(68)59(67)57(53-64)71-62/h5,7,11-13,15-16,18-19,21-22,43,49,51,55-57,59-62,64-65,67-69H,3-4,6,8-10,14,17,20,23-42,44-48,50,52-54H2,1-2H3,(H,63,66)/b7-5-,13-11-,16-15-,19-18-,22-21-,43-12+,51-49+. The van der Waals surface area contributed by atoms with Crippen LogP contribution in [-0.2, 0) is 14.3 Å². The lowest BCUT2D eigenvalue weighted by molar-refractivity contribution is -0.302. The predicted octanol–water partition coefficient (Wildman–Crippen LogP) is 14.6. The second kappa shape index (κ2) is 50.9. The van der Waals surface area contributed by atoms with E-state index in [2.05, 4.69) is 92.1 Å². The molecular formula is C62H109NO8. The van der Waals surface area contributed by atoms with E-state index in [1.807, 2.05) is 6.08 Å². The summed E-state index contributed by atoms with van der Waals surface area (Å²) in [6, 6.07) is -0.820. The molecule has 1 aliphatic heterocycles. The van der Waals surface area contributed by atoms with E-state index in [9.17, 15) is 30.3 Å². The lowest BCUT2D eigenvalue weighted by atomic mass is 9.99. The molecule has 1 saturated heterocycles. The molecule has 0 radical (unpaired) electrons. The zero-order valence-electron chi connectivity index (χ0n) is 45.5. The number of amides is 1. The zero-order chi connectivity index (χ0) is 51.5. The van der Waals surface area contributed by atoms with Gasteiger partial charge in [0.1, 0.15) is 24.4 Å². The van der Waals surface area contributed by atoms with Crippen molar-refractivity contribution in [2.75, 3.05) is 13.2 Å². The van der Waals surface area contributed by atoms with Gasteiger partial charge >= 0.3 is 0 Å². The number of hydrogen-bond acceptors (Lipinski definition) is 8. The number of aliphatic hydroxyl groups is 5. The first-order chi connectivity index (χ1) is 34.8. The normalized spacial score (nSPS) is 19.9. The lowest BCUT2D eigenvalue weighted by Gasteiger charge is -2.40. The lowest BCUT2D eigenvalue weighted by Crippen LogP contribution is -2.60. The third kappa shape index (κ3) is 40.4. The van der Waals surface area contributed by atoms with Gasteiger partial charge in [0.25, 0.3) is 0 Å². The van der Waals surface area contributed by atoms with Gasteiger partial charge in [-0.1, -0.05) is 247 Å². The van der Waals surface area contributed by atoms with Crippen LogP contribution >= 0.6 is 0 Å². The minimum atomic E-state index is -1.57. The van der Waals surface area contributed by atoms with Gasteiger partial charge in [0.05, 0.1) is 25.4 Å². The number of nitrogens with one attached hydrogen (secondary N) is 1. The molecule has 1 heterocycles. The van der Waals surface area contributed by atoms with E-state index in [4.69, 9.17) is 9.47 Å². The Kier molecular flexibility index (Phi) is 47.6. The second-order valence-electron chi connectivity index (χ2n) is 20.0. The number of allylic oxidation sites excluding steroid dienone is 13. The molecule has 0 aromatic carbocycles. The molecule has 9 heteroatoms. The maximum atomic E-state index is 13.0. The molecule has 0 bridgehead atoms. The highest BCUT2D eigenvalue weighted by Crippen LogP contribution is 2.23. The molecule has 0 saturated carbocycles. The average Bonchev–Trinajstić information content (AvgIpc) is 3.37. The Hall–Kier alpha value is -2.63. The molecule has 0 aliphatic carbocycles. The number of carbonyl (C=O) groups excluding carboxylic acids is 1. The zero-order valence-corrected chi connectivity index (χ0v) is 45.5. The van der Waals surface area contributed by atoms with Crippen LogP contribution in [0.2, 0.25) is 0 Å². The fourth-order valence-corrected chi connectivity index (χ4v) is 8.85. The molecule has 9 nitrogen and oxygen atoms in total. The van der Waals surface area contributed by atoms with Gasteiger partial charge in [0, 0.05) is 6.42 Å². The fraction of sp³-hybridized carbons (Fsp3) is 0.758. The third-order valence-corrected chi connectivity index (χ3v) is 13.5. The van der Waals surface area contributed by atoms with E-state index in [-0.39, 0.29) is 12.5 Å².